The van der Waals surface area contributed by atoms with Crippen molar-refractivity contribution in [1.82, 2.24) is 0 Å². The maximum Gasteiger partial charge on any atom is 0.177 e. The van der Waals surface area contributed by atoms with Gasteiger partial charge in [0.25, 0.3) is 0 Å². The van der Waals surface area contributed by atoms with Gasteiger partial charge in [-0.15, -0.1) is 0 Å². The zero-order chi connectivity index (χ0) is 8.43. The van der Waals surface area contributed by atoms with E-state index in [9.17, 15) is 8.78 Å². The van der Waals surface area contributed by atoms with Crippen LogP contribution in [-0.2, 0) is 5.33 Å². The summed E-state index contributed by atoms with van der Waals surface area (Å²) in [6.45, 7) is 0. The van der Waals surface area contributed by atoms with Gasteiger partial charge >= 0.3 is 0 Å². The highest BCUT2D eigenvalue weighted by molar-refractivity contribution is 9.08. The lowest BCUT2D eigenvalue weighted by Crippen LogP contribution is -1.88. The second-order valence-electron chi connectivity index (χ2n) is 2.01. The summed E-state index contributed by atoms with van der Waals surface area (Å²) in [6.07, 6.45) is 0. The van der Waals surface area contributed by atoms with Crippen LogP contribution < -0.4 is 0 Å². The number of hydrogen-bond acceptors (Lipinski definition) is 0. The molecule has 0 bridgehead atoms. The van der Waals surface area contributed by atoms with Gasteiger partial charge in [-0.05, 0) is 17.7 Å². The molecular formula is C7H4BrClF2. The summed E-state index contributed by atoms with van der Waals surface area (Å²) in [5, 5.41) is 0.281. The fraction of sp³-hybridized carbons (Fsp3) is 0.143. The molecule has 1 aromatic carbocycles. The summed E-state index contributed by atoms with van der Waals surface area (Å²) in [5.41, 5.74) is 0.619. The minimum absolute atomic E-state index is 0.181. The molecule has 4 heteroatoms. The topological polar surface area (TPSA) is 0 Å². The minimum Gasteiger partial charge on any atom is -0.204 e. The molecule has 0 aromatic heterocycles. The van der Waals surface area contributed by atoms with E-state index >= 15 is 0 Å². The molecule has 0 spiro atoms. The second kappa shape index (κ2) is 3.50. The molecular weight excluding hydrogens is 237 g/mol. The Balaban J connectivity index is 3.21. The largest absolute Gasteiger partial charge is 0.204 e. The molecule has 0 aliphatic rings. The van der Waals surface area contributed by atoms with E-state index in [-0.39, 0.29) is 5.02 Å². The first-order chi connectivity index (χ1) is 5.15. The van der Waals surface area contributed by atoms with Gasteiger partial charge in [-0.1, -0.05) is 27.5 Å². The maximum absolute atomic E-state index is 12.5. The highest BCUT2D eigenvalue weighted by atomic mass is 79.9. The van der Waals surface area contributed by atoms with Crippen LogP contribution in [0.3, 0.4) is 0 Å². The average Bonchev–Trinajstić information content (AvgIpc) is 1.99. The van der Waals surface area contributed by atoms with Crippen LogP contribution in [0.2, 0.25) is 5.02 Å². The maximum atomic E-state index is 12.5. The van der Waals surface area contributed by atoms with E-state index in [4.69, 9.17) is 11.6 Å². The first kappa shape index (κ1) is 8.94. The molecule has 0 nitrogen and oxygen atoms in total. The monoisotopic (exact) mass is 240 g/mol. The van der Waals surface area contributed by atoms with Crippen LogP contribution in [0.4, 0.5) is 8.78 Å². The van der Waals surface area contributed by atoms with Gasteiger partial charge in [0.2, 0.25) is 0 Å². The minimum atomic E-state index is -0.989. The van der Waals surface area contributed by atoms with Crippen molar-refractivity contribution in [2.24, 2.45) is 0 Å². The van der Waals surface area contributed by atoms with Crippen molar-refractivity contribution >= 4 is 27.5 Å². The van der Waals surface area contributed by atoms with Gasteiger partial charge in [-0.25, -0.2) is 8.78 Å². The van der Waals surface area contributed by atoms with Crippen LogP contribution in [0, 0.1) is 11.6 Å². The van der Waals surface area contributed by atoms with Crippen molar-refractivity contribution in [3.63, 3.8) is 0 Å². The Labute approximate surface area is 76.3 Å². The van der Waals surface area contributed by atoms with E-state index in [0.717, 1.165) is 6.07 Å². The van der Waals surface area contributed by atoms with Crippen molar-refractivity contribution in [2.45, 2.75) is 5.33 Å². The van der Waals surface area contributed by atoms with Gasteiger partial charge in [0.1, 0.15) is 0 Å². The van der Waals surface area contributed by atoms with E-state index in [1.807, 2.05) is 0 Å². The number of benzene rings is 1. The van der Waals surface area contributed by atoms with E-state index < -0.39 is 11.6 Å². The van der Waals surface area contributed by atoms with Gasteiger partial charge in [0.05, 0.1) is 5.02 Å². The Kier molecular flexibility index (Phi) is 2.84. The van der Waals surface area contributed by atoms with Crippen molar-refractivity contribution in [3.8, 4) is 0 Å². The Morgan fingerprint density at radius 3 is 2.45 bits per heavy atom. The SMILES string of the molecule is Fc1cc(CBr)cc(Cl)c1F. The van der Waals surface area contributed by atoms with E-state index in [1.54, 1.807) is 0 Å². The Hall–Kier alpha value is -0.150. The molecule has 60 valence electrons. The van der Waals surface area contributed by atoms with Crippen molar-refractivity contribution in [2.75, 3.05) is 0 Å². The molecule has 1 aromatic rings. The number of halogens is 4. The number of rotatable bonds is 1. The van der Waals surface area contributed by atoms with Crippen LogP contribution in [0.5, 0.6) is 0 Å². The zero-order valence-electron chi connectivity index (χ0n) is 5.37. The summed E-state index contributed by atoms with van der Waals surface area (Å²) < 4.78 is 25.1. The van der Waals surface area contributed by atoms with Crippen LogP contribution in [0.1, 0.15) is 5.56 Å². The van der Waals surface area contributed by atoms with Crippen molar-refractivity contribution in [1.29, 1.82) is 0 Å². The lowest BCUT2D eigenvalue weighted by atomic mass is 10.2. The van der Waals surface area contributed by atoms with Gasteiger partial charge in [0.15, 0.2) is 11.6 Å². The lowest BCUT2D eigenvalue weighted by molar-refractivity contribution is 0.508. The average molecular weight is 241 g/mol. The van der Waals surface area contributed by atoms with Gasteiger partial charge in [0, 0.05) is 5.33 Å². The molecule has 0 radical (unpaired) electrons. The smallest absolute Gasteiger partial charge is 0.177 e. The summed E-state index contributed by atoms with van der Waals surface area (Å²) >= 11 is 8.46. The second-order valence-corrected chi connectivity index (χ2v) is 2.98. The summed E-state index contributed by atoms with van der Waals surface area (Å²) in [4.78, 5) is 0. The van der Waals surface area contributed by atoms with E-state index in [1.165, 1.54) is 6.07 Å². The first-order valence-corrected chi connectivity index (χ1v) is 4.34. The zero-order valence-corrected chi connectivity index (χ0v) is 7.72. The molecule has 11 heavy (non-hydrogen) atoms. The Morgan fingerprint density at radius 2 is 2.00 bits per heavy atom. The summed E-state index contributed by atoms with van der Waals surface area (Å²) in [6, 6.07) is 2.49. The molecule has 0 heterocycles. The first-order valence-electron chi connectivity index (χ1n) is 2.84. The third kappa shape index (κ3) is 1.91. The quantitative estimate of drug-likeness (QED) is 0.521. The predicted octanol–water partition coefficient (Wildman–Crippen LogP) is 3.51. The lowest BCUT2D eigenvalue weighted by Gasteiger charge is -1.98. The normalized spacial score (nSPS) is 10.2. The molecule has 0 unspecified atom stereocenters. The van der Waals surface area contributed by atoms with Crippen molar-refractivity contribution in [3.05, 3.63) is 34.4 Å². The Bertz CT molecular complexity index is 252. The molecule has 0 N–H and O–H groups in total. The molecule has 0 atom stereocenters. The van der Waals surface area contributed by atoms with E-state index in [0.29, 0.717) is 10.9 Å². The predicted molar refractivity (Wildman–Crippen MR) is 44.0 cm³/mol. The molecule has 0 aliphatic carbocycles. The molecule has 0 amide bonds. The standard InChI is InChI=1S/C7H4BrClF2/c8-3-4-1-5(9)7(11)6(10)2-4/h1-2H,3H2. The highest BCUT2D eigenvalue weighted by Gasteiger charge is 2.07. The third-order valence-corrected chi connectivity index (χ3v) is 2.12. The summed E-state index contributed by atoms with van der Waals surface area (Å²) in [5.74, 6) is -1.90. The fourth-order valence-electron chi connectivity index (χ4n) is 0.685. The van der Waals surface area contributed by atoms with Crippen LogP contribution in [0.15, 0.2) is 12.1 Å². The molecule has 0 aliphatic heterocycles. The number of hydrogen-bond donors (Lipinski definition) is 0. The van der Waals surface area contributed by atoms with Crippen LogP contribution in [-0.4, -0.2) is 0 Å². The van der Waals surface area contributed by atoms with Gasteiger partial charge in [-0.3, -0.25) is 0 Å². The van der Waals surface area contributed by atoms with Crippen molar-refractivity contribution < 1.29 is 8.78 Å². The fourth-order valence-corrected chi connectivity index (χ4v) is 1.24. The highest BCUT2D eigenvalue weighted by Crippen LogP contribution is 2.20. The van der Waals surface area contributed by atoms with Gasteiger partial charge in [-0.2, -0.15) is 0 Å². The Morgan fingerprint density at radius 1 is 1.36 bits per heavy atom. The molecule has 0 fully saturated rings. The van der Waals surface area contributed by atoms with Gasteiger partial charge < -0.3 is 0 Å². The number of alkyl halides is 1. The third-order valence-electron chi connectivity index (χ3n) is 1.20. The van der Waals surface area contributed by atoms with Crippen LogP contribution >= 0.6 is 27.5 Å². The summed E-state index contributed by atoms with van der Waals surface area (Å²) in [7, 11) is 0. The molecule has 1 rings (SSSR count). The molecule has 0 saturated heterocycles. The molecule has 0 saturated carbocycles. The van der Waals surface area contributed by atoms with Crippen LogP contribution in [0.25, 0.3) is 0 Å². The van der Waals surface area contributed by atoms with E-state index in [2.05, 4.69) is 15.9 Å².